The molecule has 0 saturated heterocycles. The van der Waals surface area contributed by atoms with Crippen molar-refractivity contribution in [1.82, 2.24) is 0 Å². The second-order valence-electron chi connectivity index (χ2n) is 9.41. The predicted molar refractivity (Wildman–Crippen MR) is 147 cm³/mol. The predicted octanol–water partition coefficient (Wildman–Crippen LogP) is 5.25. The van der Waals surface area contributed by atoms with Crippen LogP contribution in [0.25, 0.3) is 33.4 Å². The van der Waals surface area contributed by atoms with E-state index in [9.17, 15) is 13.0 Å². The van der Waals surface area contributed by atoms with Crippen LogP contribution in [0.1, 0.15) is 5.89 Å². The van der Waals surface area contributed by atoms with Crippen LogP contribution in [0.4, 0.5) is 5.69 Å². The fourth-order valence-corrected chi connectivity index (χ4v) is 5.41. The van der Waals surface area contributed by atoms with Gasteiger partial charge in [0.15, 0.2) is 6.23 Å². The Morgan fingerprint density at radius 3 is 2.13 bits per heavy atom. The van der Waals surface area contributed by atoms with Gasteiger partial charge < -0.3 is 14.1 Å². The summed E-state index contributed by atoms with van der Waals surface area (Å²) in [7, 11) is -2.21. The molecule has 0 bridgehead atoms. The van der Waals surface area contributed by atoms with E-state index in [4.69, 9.17) is 9.15 Å². The minimum absolute atomic E-state index is 0.0802. The highest BCUT2D eigenvalue weighted by atomic mass is 32.2. The minimum atomic E-state index is -4.16. The van der Waals surface area contributed by atoms with Gasteiger partial charge in [0, 0.05) is 12.6 Å². The molecule has 0 aliphatic carbocycles. The lowest BCUT2D eigenvalue weighted by atomic mass is 10.0. The lowest BCUT2D eigenvalue weighted by molar-refractivity contribution is -0.659. The summed E-state index contributed by atoms with van der Waals surface area (Å²) in [6, 6.07) is 32.1. The minimum Gasteiger partial charge on any atom is -0.468 e. The molecule has 1 N–H and O–H groups in total. The number of hydrogen-bond acceptors (Lipinski definition) is 5. The Balaban J connectivity index is 1.33. The summed E-state index contributed by atoms with van der Waals surface area (Å²) in [6.45, 7) is 0.0802. The molecule has 1 aliphatic rings. The molecule has 0 fully saturated rings. The number of benzene rings is 4. The van der Waals surface area contributed by atoms with E-state index >= 15 is 0 Å². The zero-order chi connectivity index (χ0) is 26.3. The first-order valence-electron chi connectivity index (χ1n) is 12.4. The molecule has 1 aromatic heterocycles. The van der Waals surface area contributed by atoms with Crippen LogP contribution in [0, 0.1) is 0 Å². The third kappa shape index (κ3) is 4.76. The van der Waals surface area contributed by atoms with Crippen molar-refractivity contribution in [2.75, 3.05) is 17.2 Å². The maximum Gasteiger partial charge on any atom is 0.353 e. The number of hydrogen-bond donors (Lipinski definition) is 1. The Morgan fingerprint density at radius 2 is 1.47 bits per heavy atom. The molecule has 1 unspecified atom stereocenters. The molecule has 4 aromatic carbocycles. The van der Waals surface area contributed by atoms with Gasteiger partial charge in [-0.15, -0.1) is 0 Å². The maximum atomic E-state index is 11.6. The molecule has 1 atom stereocenters. The fraction of sp³-hybridized carbons (Fsp3) is 0.167. The van der Waals surface area contributed by atoms with E-state index in [2.05, 4.69) is 18.2 Å². The van der Waals surface area contributed by atoms with Gasteiger partial charge in [0.25, 0.3) is 15.6 Å². The third-order valence-corrected chi connectivity index (χ3v) is 7.65. The molecule has 0 radical (unpaired) electrons. The Bertz CT molecular complexity index is 1720. The molecule has 2 heterocycles. The molecule has 38 heavy (non-hydrogen) atoms. The highest BCUT2D eigenvalue weighted by Gasteiger charge is 2.36. The topological polar surface area (TPSA) is 83.9 Å². The Hall–Kier alpha value is -4.14. The number of nitrogens with zero attached hydrogens (tertiary/aromatic N) is 2. The van der Waals surface area contributed by atoms with E-state index in [-0.39, 0.29) is 6.54 Å². The molecule has 6 rings (SSSR count). The van der Waals surface area contributed by atoms with Crippen LogP contribution in [0.3, 0.4) is 0 Å². The van der Waals surface area contributed by atoms with Gasteiger partial charge in [-0.2, -0.15) is 13.0 Å². The molecule has 5 aromatic rings. The lowest BCUT2D eigenvalue weighted by Gasteiger charge is -2.23. The molecular weight excluding hydrogens is 500 g/mol. The Morgan fingerprint density at radius 1 is 0.842 bits per heavy atom. The van der Waals surface area contributed by atoms with Crippen molar-refractivity contribution in [2.24, 2.45) is 7.05 Å². The van der Waals surface area contributed by atoms with Crippen LogP contribution in [-0.4, -0.2) is 31.5 Å². The highest BCUT2D eigenvalue weighted by molar-refractivity contribution is 7.85. The lowest BCUT2D eigenvalue weighted by Crippen LogP contribution is -2.42. The average Bonchev–Trinajstić information content (AvgIpc) is 3.43. The van der Waals surface area contributed by atoms with Crippen LogP contribution >= 0.6 is 0 Å². The average molecular weight is 528 g/mol. The standard InChI is InChI=1S/C30H26N2O5S/c1-31-25-18-23(21-8-4-2-5-9-21)12-14-27(25)36-29(31)20-30-32(16-17-38(33,34)35)26-19-24(13-15-28(26)37-30)22-10-6-3-7-11-22/h2-15,18-19,30H,16-17,20H2,1H3/p+1. The first kappa shape index (κ1) is 24.2. The van der Waals surface area contributed by atoms with E-state index in [1.54, 1.807) is 0 Å². The highest BCUT2D eigenvalue weighted by Crippen LogP contribution is 2.41. The molecule has 192 valence electrons. The summed E-state index contributed by atoms with van der Waals surface area (Å²) in [4.78, 5) is 1.89. The van der Waals surface area contributed by atoms with Crippen molar-refractivity contribution in [3.05, 3.63) is 103 Å². The van der Waals surface area contributed by atoms with Crippen LogP contribution in [0.15, 0.2) is 101 Å². The second-order valence-corrected chi connectivity index (χ2v) is 11.0. The zero-order valence-electron chi connectivity index (χ0n) is 20.8. The van der Waals surface area contributed by atoms with Crippen LogP contribution in [-0.2, 0) is 23.6 Å². The maximum absolute atomic E-state index is 11.6. The van der Waals surface area contributed by atoms with E-state index < -0.39 is 22.1 Å². The van der Waals surface area contributed by atoms with E-state index in [1.807, 2.05) is 95.4 Å². The van der Waals surface area contributed by atoms with Crippen molar-refractivity contribution in [3.63, 3.8) is 0 Å². The molecule has 0 spiro atoms. The summed E-state index contributed by atoms with van der Waals surface area (Å²) in [5, 5.41) is 0. The number of anilines is 1. The van der Waals surface area contributed by atoms with E-state index in [1.165, 1.54) is 0 Å². The van der Waals surface area contributed by atoms with Crippen molar-refractivity contribution in [1.29, 1.82) is 0 Å². The first-order valence-corrected chi connectivity index (χ1v) is 14.0. The van der Waals surface area contributed by atoms with Crippen molar-refractivity contribution < 1.29 is 26.7 Å². The van der Waals surface area contributed by atoms with E-state index in [0.29, 0.717) is 18.1 Å². The molecular formula is C30H27N2O5S+. The van der Waals surface area contributed by atoms with Gasteiger partial charge in [0.2, 0.25) is 5.58 Å². The fourth-order valence-electron chi connectivity index (χ4n) is 4.98. The van der Waals surface area contributed by atoms with Crippen molar-refractivity contribution >= 4 is 26.9 Å². The van der Waals surface area contributed by atoms with Crippen LogP contribution in [0.2, 0.25) is 0 Å². The number of oxazole rings is 1. The van der Waals surface area contributed by atoms with Gasteiger partial charge in [-0.3, -0.25) is 4.55 Å². The molecule has 0 amide bonds. The van der Waals surface area contributed by atoms with Crippen molar-refractivity contribution in [2.45, 2.75) is 12.6 Å². The van der Waals surface area contributed by atoms with Gasteiger partial charge in [-0.05, 0) is 40.5 Å². The summed E-state index contributed by atoms with van der Waals surface area (Å²) in [5.41, 5.74) is 6.75. The monoisotopic (exact) mass is 527 g/mol. The van der Waals surface area contributed by atoms with Gasteiger partial charge in [0.1, 0.15) is 19.2 Å². The number of aromatic nitrogens is 1. The van der Waals surface area contributed by atoms with E-state index in [0.717, 1.165) is 39.0 Å². The van der Waals surface area contributed by atoms with Crippen molar-refractivity contribution in [3.8, 4) is 28.0 Å². The quantitative estimate of drug-likeness (QED) is 0.230. The molecule has 7 nitrogen and oxygen atoms in total. The van der Waals surface area contributed by atoms with Crippen LogP contribution in [0.5, 0.6) is 5.75 Å². The summed E-state index contributed by atoms with van der Waals surface area (Å²) < 4.78 is 47.3. The van der Waals surface area contributed by atoms with Gasteiger partial charge >= 0.3 is 5.89 Å². The number of ether oxygens (including phenoxy) is 1. The van der Waals surface area contributed by atoms with Crippen LogP contribution < -0.4 is 14.2 Å². The molecule has 8 heteroatoms. The SMILES string of the molecule is C[n+]1c(CC2Oc3ccc(-c4ccccc4)cc3N2CCS(=O)(=O)O)oc2ccc(-c3ccccc3)cc21. The number of fused-ring (bicyclic) bond motifs is 2. The van der Waals surface area contributed by atoms with Gasteiger partial charge in [0.05, 0.1) is 11.4 Å². The Kier molecular flexibility index (Phi) is 6.13. The second kappa shape index (κ2) is 9.63. The summed E-state index contributed by atoms with van der Waals surface area (Å²) in [6.07, 6.45) is -0.120. The summed E-state index contributed by atoms with van der Waals surface area (Å²) in [5.74, 6) is 0.951. The smallest absolute Gasteiger partial charge is 0.353 e. The number of rotatable bonds is 7. The first-order chi connectivity index (χ1) is 18.4. The number of aryl methyl sites for hydroxylation is 1. The van der Waals surface area contributed by atoms with Gasteiger partial charge in [-0.1, -0.05) is 72.8 Å². The zero-order valence-corrected chi connectivity index (χ0v) is 21.6. The summed E-state index contributed by atoms with van der Waals surface area (Å²) >= 11 is 0. The largest absolute Gasteiger partial charge is 0.468 e. The Labute approximate surface area is 221 Å². The third-order valence-electron chi connectivity index (χ3n) is 6.95. The molecule has 1 aliphatic heterocycles. The molecule has 0 saturated carbocycles. The van der Waals surface area contributed by atoms with Gasteiger partial charge in [-0.25, -0.2) is 0 Å². The normalized spacial score (nSPS) is 15.0.